The Morgan fingerprint density at radius 2 is 2.25 bits per heavy atom. The Labute approximate surface area is 113 Å². The lowest BCUT2D eigenvalue weighted by Crippen LogP contribution is -2.18. The van der Waals surface area contributed by atoms with Crippen LogP contribution < -0.4 is 14.9 Å². The number of nitrogens with one attached hydrogen (secondary N) is 1. The number of carbonyl (C=O) groups is 1. The molecular formula is C11H11N3O6. The summed E-state index contributed by atoms with van der Waals surface area (Å²) in [6.45, 7) is 1.85. The molecule has 0 radical (unpaired) electrons. The number of fused-ring (bicyclic) bond motifs is 1. The Morgan fingerprint density at radius 1 is 1.55 bits per heavy atom. The van der Waals surface area contributed by atoms with Crippen LogP contribution in [0.1, 0.15) is 12.5 Å². The van der Waals surface area contributed by atoms with Gasteiger partial charge in [-0.05, 0) is 13.0 Å². The van der Waals surface area contributed by atoms with E-state index in [-0.39, 0.29) is 24.7 Å². The molecule has 0 spiro atoms. The molecule has 2 rings (SSSR count). The van der Waals surface area contributed by atoms with Crippen molar-refractivity contribution in [2.24, 2.45) is 5.10 Å². The van der Waals surface area contributed by atoms with Gasteiger partial charge in [-0.2, -0.15) is 5.10 Å². The monoisotopic (exact) mass is 281 g/mol. The summed E-state index contributed by atoms with van der Waals surface area (Å²) in [5, 5.41) is 14.5. The van der Waals surface area contributed by atoms with E-state index >= 15 is 0 Å². The number of hydrogen-bond acceptors (Lipinski definition) is 7. The van der Waals surface area contributed by atoms with Gasteiger partial charge in [0.15, 0.2) is 11.5 Å². The van der Waals surface area contributed by atoms with Gasteiger partial charge < -0.3 is 14.2 Å². The number of nitrogens with zero attached hydrogens (tertiary/aromatic N) is 2. The average molecular weight is 281 g/mol. The number of hydrazone groups is 1. The number of carbonyl (C=O) groups excluding carboxylic acids is 1. The van der Waals surface area contributed by atoms with Gasteiger partial charge in [-0.15, -0.1) is 0 Å². The fourth-order valence-corrected chi connectivity index (χ4v) is 1.53. The van der Waals surface area contributed by atoms with E-state index in [9.17, 15) is 14.9 Å². The van der Waals surface area contributed by atoms with Crippen LogP contribution in [-0.2, 0) is 4.74 Å². The first-order valence-electron chi connectivity index (χ1n) is 5.65. The summed E-state index contributed by atoms with van der Waals surface area (Å²) in [7, 11) is 0. The van der Waals surface area contributed by atoms with E-state index in [2.05, 4.69) is 15.3 Å². The summed E-state index contributed by atoms with van der Waals surface area (Å²) in [4.78, 5) is 21.4. The molecule has 1 aromatic carbocycles. The second-order valence-corrected chi connectivity index (χ2v) is 3.61. The van der Waals surface area contributed by atoms with Crippen LogP contribution in [0, 0.1) is 10.1 Å². The van der Waals surface area contributed by atoms with Crippen LogP contribution in [0.2, 0.25) is 0 Å². The van der Waals surface area contributed by atoms with Gasteiger partial charge in [0.2, 0.25) is 6.79 Å². The van der Waals surface area contributed by atoms with Crippen LogP contribution in [0.3, 0.4) is 0 Å². The summed E-state index contributed by atoms with van der Waals surface area (Å²) >= 11 is 0. The Balaban J connectivity index is 2.20. The minimum Gasteiger partial charge on any atom is -0.454 e. The maximum atomic E-state index is 11.0. The molecule has 0 aliphatic carbocycles. The van der Waals surface area contributed by atoms with Gasteiger partial charge in [-0.3, -0.25) is 10.1 Å². The predicted molar refractivity (Wildman–Crippen MR) is 67.0 cm³/mol. The van der Waals surface area contributed by atoms with Crippen molar-refractivity contribution in [3.05, 3.63) is 27.8 Å². The van der Waals surface area contributed by atoms with Gasteiger partial charge in [0.05, 0.1) is 29.4 Å². The Morgan fingerprint density at radius 3 is 2.90 bits per heavy atom. The lowest BCUT2D eigenvalue weighted by atomic mass is 10.1. The molecule has 1 heterocycles. The first kappa shape index (κ1) is 13.6. The van der Waals surface area contributed by atoms with Gasteiger partial charge >= 0.3 is 6.09 Å². The fourth-order valence-electron chi connectivity index (χ4n) is 1.53. The van der Waals surface area contributed by atoms with E-state index in [1.807, 2.05) is 0 Å². The van der Waals surface area contributed by atoms with E-state index in [0.29, 0.717) is 11.5 Å². The molecule has 0 unspecified atom stereocenters. The molecule has 9 nitrogen and oxygen atoms in total. The third-order valence-electron chi connectivity index (χ3n) is 2.35. The molecule has 0 fully saturated rings. The van der Waals surface area contributed by atoms with E-state index in [1.165, 1.54) is 12.1 Å². The normalized spacial score (nSPS) is 12.4. The maximum absolute atomic E-state index is 11.0. The van der Waals surface area contributed by atoms with Crippen molar-refractivity contribution in [2.45, 2.75) is 6.92 Å². The van der Waals surface area contributed by atoms with E-state index in [0.717, 1.165) is 6.21 Å². The van der Waals surface area contributed by atoms with Crippen molar-refractivity contribution in [3.63, 3.8) is 0 Å². The van der Waals surface area contributed by atoms with E-state index < -0.39 is 11.0 Å². The molecule has 9 heteroatoms. The van der Waals surface area contributed by atoms with Crippen molar-refractivity contribution in [2.75, 3.05) is 13.4 Å². The molecule has 0 saturated carbocycles. The van der Waals surface area contributed by atoms with Crippen molar-refractivity contribution in [1.29, 1.82) is 0 Å². The molecule has 0 saturated heterocycles. The van der Waals surface area contributed by atoms with Crippen LogP contribution in [0.15, 0.2) is 17.2 Å². The Hall–Kier alpha value is -2.84. The molecule has 0 aromatic heterocycles. The van der Waals surface area contributed by atoms with Crippen molar-refractivity contribution >= 4 is 18.0 Å². The second kappa shape index (κ2) is 5.87. The molecule has 106 valence electrons. The summed E-state index contributed by atoms with van der Waals surface area (Å²) < 4.78 is 14.8. The first-order chi connectivity index (χ1) is 9.61. The molecule has 1 N–H and O–H groups in total. The topological polar surface area (TPSA) is 112 Å². The second-order valence-electron chi connectivity index (χ2n) is 3.61. The molecule has 20 heavy (non-hydrogen) atoms. The summed E-state index contributed by atoms with van der Waals surface area (Å²) in [6, 6.07) is 2.66. The zero-order chi connectivity index (χ0) is 14.5. The van der Waals surface area contributed by atoms with Crippen molar-refractivity contribution in [3.8, 4) is 11.5 Å². The van der Waals surface area contributed by atoms with Crippen molar-refractivity contribution in [1.82, 2.24) is 5.43 Å². The van der Waals surface area contributed by atoms with Crippen molar-refractivity contribution < 1.29 is 23.9 Å². The number of nitro groups is 1. The molecule has 1 amide bonds. The smallest absolute Gasteiger partial charge is 0.427 e. The summed E-state index contributed by atoms with van der Waals surface area (Å²) in [6.07, 6.45) is 0.393. The third-order valence-corrected chi connectivity index (χ3v) is 2.35. The average Bonchev–Trinajstić information content (AvgIpc) is 2.85. The van der Waals surface area contributed by atoms with E-state index in [4.69, 9.17) is 9.47 Å². The number of rotatable bonds is 4. The molecule has 1 aliphatic rings. The number of hydrogen-bond donors (Lipinski definition) is 1. The Kier molecular flexibility index (Phi) is 3.99. The van der Waals surface area contributed by atoms with Gasteiger partial charge in [0, 0.05) is 0 Å². The molecular weight excluding hydrogens is 270 g/mol. The van der Waals surface area contributed by atoms with Crippen LogP contribution in [0.5, 0.6) is 11.5 Å². The highest BCUT2D eigenvalue weighted by molar-refractivity contribution is 5.87. The van der Waals surface area contributed by atoms with Gasteiger partial charge in [0.1, 0.15) is 0 Å². The first-order valence-corrected chi connectivity index (χ1v) is 5.65. The van der Waals surface area contributed by atoms with Crippen LogP contribution in [0.25, 0.3) is 0 Å². The summed E-state index contributed by atoms with van der Waals surface area (Å²) in [5.41, 5.74) is 2.05. The lowest BCUT2D eigenvalue weighted by Gasteiger charge is -2.01. The molecule has 1 aromatic rings. The minimum atomic E-state index is -0.743. The standard InChI is InChI=1S/C11H11N3O6/c1-2-18-11(15)13-12-5-7-3-9-10(20-6-19-9)4-8(7)14(16)17/h3-5H,2,6H2,1H3,(H,13,15). The number of amides is 1. The fraction of sp³-hybridized carbons (Fsp3) is 0.273. The molecule has 0 bridgehead atoms. The van der Waals surface area contributed by atoms with E-state index in [1.54, 1.807) is 6.92 Å². The van der Waals surface area contributed by atoms with Gasteiger partial charge in [-0.1, -0.05) is 0 Å². The zero-order valence-corrected chi connectivity index (χ0v) is 10.5. The van der Waals surface area contributed by atoms with Crippen LogP contribution in [-0.4, -0.2) is 30.6 Å². The van der Waals surface area contributed by atoms with Crippen LogP contribution >= 0.6 is 0 Å². The summed E-state index contributed by atoms with van der Waals surface area (Å²) in [5.74, 6) is 0.681. The Bertz CT molecular complexity index is 572. The van der Waals surface area contributed by atoms with Crippen LogP contribution in [0.4, 0.5) is 10.5 Å². The lowest BCUT2D eigenvalue weighted by molar-refractivity contribution is -0.385. The largest absolute Gasteiger partial charge is 0.454 e. The van der Waals surface area contributed by atoms with Gasteiger partial charge in [-0.25, -0.2) is 10.2 Å². The number of benzene rings is 1. The number of ether oxygens (including phenoxy) is 3. The minimum absolute atomic E-state index is 0.00809. The number of nitro benzene ring substituents is 1. The molecule has 1 aliphatic heterocycles. The molecule has 0 atom stereocenters. The zero-order valence-electron chi connectivity index (χ0n) is 10.5. The quantitative estimate of drug-likeness (QED) is 0.507. The highest BCUT2D eigenvalue weighted by Gasteiger charge is 2.22. The maximum Gasteiger partial charge on any atom is 0.427 e. The third kappa shape index (κ3) is 2.94. The SMILES string of the molecule is CCOC(=O)NN=Cc1cc2c(cc1[N+](=O)[O-])OCO2. The highest BCUT2D eigenvalue weighted by atomic mass is 16.7. The van der Waals surface area contributed by atoms with Gasteiger partial charge in [0.25, 0.3) is 5.69 Å². The highest BCUT2D eigenvalue weighted by Crippen LogP contribution is 2.37. The predicted octanol–water partition coefficient (Wildman–Crippen LogP) is 1.40.